The number of aliphatic hydroxyl groups excluding tert-OH is 2. The maximum Gasteiger partial charge on any atom is 0.472 e. The molecule has 4 fully saturated rings. The van der Waals surface area contributed by atoms with Gasteiger partial charge in [0, 0.05) is 5.41 Å². The van der Waals surface area contributed by atoms with E-state index < -0.39 is 81.9 Å². The Balaban J connectivity index is 1.14. The van der Waals surface area contributed by atoms with Crippen LogP contribution in [0.5, 0.6) is 0 Å². The van der Waals surface area contributed by atoms with E-state index in [0.29, 0.717) is 17.6 Å². The summed E-state index contributed by atoms with van der Waals surface area (Å²) in [5.74, 6) is -0.171. The lowest BCUT2D eigenvalue weighted by Crippen LogP contribution is -2.38. The highest BCUT2D eigenvalue weighted by Crippen LogP contribution is 2.72. The minimum Gasteiger partial charge on any atom is -0.388 e. The molecule has 2 aliphatic heterocycles. The Morgan fingerprint density at radius 3 is 2.24 bits per heavy atom. The van der Waals surface area contributed by atoms with Gasteiger partial charge in [0.25, 0.3) is 0 Å². The molecule has 45 heavy (non-hydrogen) atoms. The number of nitrogens with zero attached hydrogens (tertiary/aromatic N) is 8. The molecule has 2 saturated carbocycles. The van der Waals surface area contributed by atoms with Gasteiger partial charge < -0.3 is 49.8 Å². The second-order valence-corrected chi connectivity index (χ2v) is 15.5. The van der Waals surface area contributed by atoms with Crippen molar-refractivity contribution in [3.05, 3.63) is 25.3 Å². The predicted molar refractivity (Wildman–Crippen MR) is 153 cm³/mol. The molecule has 4 aromatic heterocycles. The van der Waals surface area contributed by atoms with Crippen molar-refractivity contribution in [1.29, 1.82) is 0 Å². The zero-order valence-electron chi connectivity index (χ0n) is 22.8. The average Bonchev–Trinajstić information content (AvgIpc) is 3.28. The van der Waals surface area contributed by atoms with Crippen molar-refractivity contribution in [3.63, 3.8) is 0 Å². The highest BCUT2D eigenvalue weighted by atomic mass is 32.5. The Bertz CT molecular complexity index is 1930. The van der Waals surface area contributed by atoms with Gasteiger partial charge in [0.2, 0.25) is 0 Å². The van der Waals surface area contributed by atoms with Crippen LogP contribution in [0.25, 0.3) is 22.3 Å². The third-order valence-electron chi connectivity index (χ3n) is 8.90. The Morgan fingerprint density at radius 2 is 1.56 bits per heavy atom. The lowest BCUT2D eigenvalue weighted by atomic mass is 10.0. The molecule has 11 atom stereocenters. The lowest BCUT2D eigenvalue weighted by molar-refractivity contribution is -0.0616. The number of fused-ring (bicyclic) bond motifs is 4. The number of rotatable bonds is 2. The first-order chi connectivity index (χ1) is 21.4. The van der Waals surface area contributed by atoms with E-state index in [1.165, 1.54) is 29.9 Å². The molecule has 240 valence electrons. The first kappa shape index (κ1) is 29.6. The smallest absolute Gasteiger partial charge is 0.388 e. The monoisotopic (exact) mass is 684 g/mol. The van der Waals surface area contributed by atoms with E-state index in [2.05, 4.69) is 29.9 Å². The molecule has 8 rings (SSSR count). The summed E-state index contributed by atoms with van der Waals surface area (Å²) in [6.07, 6.45) is -2.52. The van der Waals surface area contributed by atoms with E-state index in [9.17, 15) is 24.6 Å². The number of imidazole rings is 2. The Morgan fingerprint density at radius 1 is 0.911 bits per heavy atom. The summed E-state index contributed by atoms with van der Waals surface area (Å²) in [7, 11) is -4.93. The number of aliphatic hydroxyl groups is 2. The summed E-state index contributed by atoms with van der Waals surface area (Å²) in [4.78, 5) is 46.8. The van der Waals surface area contributed by atoms with E-state index in [1.54, 1.807) is 4.57 Å². The summed E-state index contributed by atoms with van der Waals surface area (Å²) in [6, 6.07) is -0.713. The molecule has 1 spiro atoms. The molecule has 23 heteroatoms. The van der Waals surface area contributed by atoms with Crippen molar-refractivity contribution in [1.82, 2.24) is 39.0 Å². The highest BCUT2D eigenvalue weighted by Gasteiger charge is 2.74. The third kappa shape index (κ3) is 4.61. The van der Waals surface area contributed by atoms with E-state index in [4.69, 9.17) is 46.1 Å². The molecule has 0 radical (unpaired) electrons. The quantitative estimate of drug-likeness (QED) is 0.140. The molecule has 0 amide bonds. The zero-order chi connectivity index (χ0) is 31.5. The number of phosphoric acid groups is 1. The highest BCUT2D eigenvalue weighted by molar-refractivity contribution is 8.07. The standard InChI is InChI=1S/C22H26N10O10P2S/c23-17-10-19(27-4-25-17)31(6-29-10)12-8-1-22(8)3-39-43(35,36)41-15-13(33)9(2-38-44(37,45)42-16(22)14(12)34)40-21(15)32-7-30-11-18(24)26-5-28-20(11)32/h4-9,12-16,21,33-34H,1-3H2,(H,35,36)(H,37,45)(H2,23,25,27)(H2,24,26,28)/t8-,9-,12-,13-,14+,15-,16+,21-,22-,44?/m1/s1. The van der Waals surface area contributed by atoms with Gasteiger partial charge in [-0.05, 0) is 24.1 Å². The van der Waals surface area contributed by atoms with Crippen LogP contribution in [-0.2, 0) is 39.2 Å². The van der Waals surface area contributed by atoms with E-state index in [1.807, 2.05) is 0 Å². The topological polar surface area (TPSA) is 283 Å². The van der Waals surface area contributed by atoms with Crippen LogP contribution >= 0.6 is 14.5 Å². The summed E-state index contributed by atoms with van der Waals surface area (Å²) in [5.41, 5.74) is 11.9. The first-order valence-corrected chi connectivity index (χ1v) is 17.7. The summed E-state index contributed by atoms with van der Waals surface area (Å²) >= 11 is 5.32. The van der Waals surface area contributed by atoms with E-state index in [0.717, 1.165) is 0 Å². The third-order valence-corrected chi connectivity index (χ3v) is 11.4. The molecule has 4 aliphatic rings. The average molecular weight is 685 g/mol. The van der Waals surface area contributed by atoms with Crippen LogP contribution in [-0.4, -0.2) is 103 Å². The van der Waals surface area contributed by atoms with E-state index >= 15 is 0 Å². The van der Waals surface area contributed by atoms with Crippen LogP contribution in [0.2, 0.25) is 0 Å². The molecule has 6 heterocycles. The van der Waals surface area contributed by atoms with Crippen molar-refractivity contribution in [2.24, 2.45) is 11.3 Å². The first-order valence-electron chi connectivity index (χ1n) is 13.6. The van der Waals surface area contributed by atoms with Crippen LogP contribution in [0.15, 0.2) is 25.3 Å². The Kier molecular flexibility index (Phi) is 6.65. The molecular weight excluding hydrogens is 658 g/mol. The van der Waals surface area contributed by atoms with Crippen molar-refractivity contribution in [2.75, 3.05) is 24.7 Å². The van der Waals surface area contributed by atoms with Gasteiger partial charge in [0.15, 0.2) is 29.2 Å². The lowest BCUT2D eigenvalue weighted by Gasteiger charge is -2.31. The van der Waals surface area contributed by atoms with Gasteiger partial charge in [-0.15, -0.1) is 0 Å². The fourth-order valence-corrected chi connectivity index (χ4v) is 9.21. The van der Waals surface area contributed by atoms with E-state index in [-0.39, 0.29) is 22.8 Å². The molecule has 2 saturated heterocycles. The fraction of sp³-hybridized carbons (Fsp3) is 0.545. The number of phosphoric ester groups is 1. The van der Waals surface area contributed by atoms with Gasteiger partial charge in [-0.3, -0.25) is 13.6 Å². The molecule has 4 aromatic rings. The summed E-state index contributed by atoms with van der Waals surface area (Å²) in [5, 5.41) is 22.7. The normalized spacial score (nSPS) is 41.7. The summed E-state index contributed by atoms with van der Waals surface area (Å²) in [6.45, 7) is -5.07. The molecular formula is C22H26N10O10P2S. The van der Waals surface area contributed by atoms with Gasteiger partial charge in [-0.1, -0.05) is 0 Å². The van der Waals surface area contributed by atoms with Crippen LogP contribution in [0.4, 0.5) is 11.6 Å². The number of nitrogen functional groups attached to an aromatic ring is 2. The minimum absolute atomic E-state index is 0.0792. The molecule has 20 nitrogen and oxygen atoms in total. The number of nitrogens with two attached hydrogens (primary N) is 2. The van der Waals surface area contributed by atoms with Gasteiger partial charge in [0.05, 0.1) is 31.9 Å². The second-order valence-electron chi connectivity index (χ2n) is 11.3. The van der Waals surface area contributed by atoms with Crippen molar-refractivity contribution in [3.8, 4) is 0 Å². The Labute approximate surface area is 257 Å². The van der Waals surface area contributed by atoms with Gasteiger partial charge in [0.1, 0.15) is 54.2 Å². The molecule has 2 aliphatic carbocycles. The van der Waals surface area contributed by atoms with Crippen LogP contribution in [0.3, 0.4) is 0 Å². The molecule has 0 aromatic carbocycles. The fourth-order valence-electron chi connectivity index (χ4n) is 6.73. The van der Waals surface area contributed by atoms with Crippen LogP contribution < -0.4 is 11.5 Å². The number of anilines is 2. The number of hydrogen-bond acceptors (Lipinski definition) is 17. The van der Waals surface area contributed by atoms with Crippen molar-refractivity contribution >= 4 is 60.3 Å². The maximum absolute atomic E-state index is 13.4. The van der Waals surface area contributed by atoms with Crippen molar-refractivity contribution in [2.45, 2.75) is 49.2 Å². The van der Waals surface area contributed by atoms with Crippen molar-refractivity contribution < 1.29 is 47.4 Å². The molecule has 8 N–H and O–H groups in total. The summed E-state index contributed by atoms with van der Waals surface area (Å²) < 4.78 is 44.9. The van der Waals surface area contributed by atoms with Crippen LogP contribution in [0.1, 0.15) is 18.7 Å². The number of hydrogen-bond donors (Lipinski definition) is 6. The molecule has 2 unspecified atom stereocenters. The largest absolute Gasteiger partial charge is 0.472 e. The minimum atomic E-state index is -4.93. The van der Waals surface area contributed by atoms with Crippen LogP contribution in [0, 0.1) is 11.3 Å². The predicted octanol–water partition coefficient (Wildman–Crippen LogP) is -0.855. The van der Waals surface area contributed by atoms with Gasteiger partial charge in [-0.25, -0.2) is 34.5 Å². The second kappa shape index (κ2) is 10.1. The van der Waals surface area contributed by atoms with Gasteiger partial charge >= 0.3 is 14.5 Å². The maximum atomic E-state index is 13.4. The SMILES string of the molecule is Nc1ncnc2c1ncn2[C@H]1[C@H](O)[C@@H]2OP(O)(=S)OC[C@H]3O[C@@H](n4cnc5c(N)ncnc54)[C@H](OP(=O)(O)OC[C@@]24C[C@H]14)[C@@H]3O. The zero-order valence-corrected chi connectivity index (χ0v) is 25.4. The number of aromatic nitrogens is 8. The Hall–Kier alpha value is -2.78. The molecule has 2 bridgehead atoms. The number of ether oxygens (including phenoxy) is 1. The van der Waals surface area contributed by atoms with Gasteiger partial charge in [-0.2, -0.15) is 0 Å².